The smallest absolute Gasteiger partial charge is 0.369 e. The van der Waals surface area contributed by atoms with Crippen molar-refractivity contribution < 1.29 is 22.8 Å². The van der Waals surface area contributed by atoms with Gasteiger partial charge in [-0.2, -0.15) is 13.2 Å². The maximum absolute atomic E-state index is 12.3. The lowest BCUT2D eigenvalue weighted by molar-refractivity contribution is -0.141. The molecule has 5 nitrogen and oxygen atoms in total. The summed E-state index contributed by atoms with van der Waals surface area (Å²) in [6.07, 6.45) is -3.36. The minimum absolute atomic E-state index is 0.0450. The molecule has 1 aromatic rings. The molecule has 0 bridgehead atoms. The number of halogens is 3. The number of pyridine rings is 1. The Labute approximate surface area is 112 Å². The highest BCUT2D eigenvalue weighted by Gasteiger charge is 2.34. The van der Waals surface area contributed by atoms with Crippen LogP contribution in [0.3, 0.4) is 0 Å². The molecule has 1 atom stereocenters. The zero-order valence-corrected chi connectivity index (χ0v) is 10.4. The monoisotopic (exact) mass is 287 g/mol. The van der Waals surface area contributed by atoms with Crippen LogP contribution in [-0.2, 0) is 22.3 Å². The summed E-state index contributed by atoms with van der Waals surface area (Å²) in [5.41, 5.74) is 4.61. The van der Waals surface area contributed by atoms with Crippen molar-refractivity contribution in [2.75, 3.05) is 6.54 Å². The van der Waals surface area contributed by atoms with Crippen LogP contribution in [0.2, 0.25) is 0 Å². The molecule has 2 rings (SSSR count). The average molecular weight is 287 g/mol. The number of rotatable bonds is 3. The fourth-order valence-electron chi connectivity index (χ4n) is 2.02. The second kappa shape index (κ2) is 5.10. The molecule has 2 N–H and O–H groups in total. The Morgan fingerprint density at radius 2 is 2.15 bits per heavy atom. The van der Waals surface area contributed by atoms with Crippen molar-refractivity contribution in [3.63, 3.8) is 0 Å². The maximum atomic E-state index is 12.3. The van der Waals surface area contributed by atoms with Crippen molar-refractivity contribution in [3.05, 3.63) is 29.6 Å². The van der Waals surface area contributed by atoms with Crippen molar-refractivity contribution in [2.45, 2.75) is 19.1 Å². The van der Waals surface area contributed by atoms with E-state index in [-0.39, 0.29) is 25.4 Å². The van der Waals surface area contributed by atoms with Gasteiger partial charge in [-0.15, -0.1) is 0 Å². The molecule has 0 spiro atoms. The SMILES string of the molecule is NC(=O)C1CC(=O)N(Cc2ccc(C(F)(F)F)nc2)C1. The van der Waals surface area contributed by atoms with E-state index in [9.17, 15) is 22.8 Å². The Balaban J connectivity index is 2.04. The van der Waals surface area contributed by atoms with Gasteiger partial charge >= 0.3 is 6.18 Å². The Hall–Kier alpha value is -2.12. The highest BCUT2D eigenvalue weighted by Crippen LogP contribution is 2.27. The number of nitrogens with zero attached hydrogens (tertiary/aromatic N) is 2. The van der Waals surface area contributed by atoms with Crippen LogP contribution < -0.4 is 5.73 Å². The standard InChI is InChI=1S/C12H12F3N3O2/c13-12(14,15)9-2-1-7(4-17-9)5-18-6-8(11(16)20)3-10(18)19/h1-2,4,8H,3,5-6H2,(H2,16,20). The summed E-state index contributed by atoms with van der Waals surface area (Å²) < 4.78 is 37.0. The molecular formula is C12H12F3N3O2. The van der Waals surface area contributed by atoms with Crippen LogP contribution in [0, 0.1) is 5.92 Å². The second-order valence-electron chi connectivity index (χ2n) is 4.63. The fraction of sp³-hybridized carbons (Fsp3) is 0.417. The van der Waals surface area contributed by atoms with E-state index in [0.717, 1.165) is 12.3 Å². The first-order chi connectivity index (χ1) is 9.27. The molecule has 0 saturated carbocycles. The first-order valence-electron chi connectivity index (χ1n) is 5.86. The van der Waals surface area contributed by atoms with Crippen LogP contribution in [0.25, 0.3) is 0 Å². The Bertz CT molecular complexity index is 528. The van der Waals surface area contributed by atoms with Gasteiger partial charge in [-0.25, -0.2) is 0 Å². The maximum Gasteiger partial charge on any atom is 0.433 e. The number of carbonyl (C=O) groups excluding carboxylic acids is 2. The van der Waals surface area contributed by atoms with Gasteiger partial charge in [-0.3, -0.25) is 14.6 Å². The van der Waals surface area contributed by atoms with Crippen LogP contribution in [0.4, 0.5) is 13.2 Å². The van der Waals surface area contributed by atoms with E-state index in [1.807, 2.05) is 0 Å². The minimum atomic E-state index is -4.49. The zero-order chi connectivity index (χ0) is 14.9. The van der Waals surface area contributed by atoms with Gasteiger partial charge in [-0.05, 0) is 11.6 Å². The first kappa shape index (κ1) is 14.3. The predicted molar refractivity (Wildman–Crippen MR) is 62.0 cm³/mol. The van der Waals surface area contributed by atoms with Crippen LogP contribution in [0.5, 0.6) is 0 Å². The summed E-state index contributed by atoms with van der Waals surface area (Å²) in [6, 6.07) is 2.13. The zero-order valence-electron chi connectivity index (χ0n) is 10.4. The van der Waals surface area contributed by atoms with Crippen LogP contribution >= 0.6 is 0 Å². The summed E-state index contributed by atoms with van der Waals surface area (Å²) in [6.45, 7) is 0.308. The second-order valence-corrected chi connectivity index (χ2v) is 4.63. The van der Waals surface area contributed by atoms with E-state index >= 15 is 0 Å². The normalized spacial score (nSPS) is 19.4. The van der Waals surface area contributed by atoms with E-state index < -0.39 is 23.7 Å². The molecule has 0 aliphatic carbocycles. The number of carbonyl (C=O) groups is 2. The van der Waals surface area contributed by atoms with Gasteiger partial charge in [0.2, 0.25) is 11.8 Å². The van der Waals surface area contributed by atoms with Crippen molar-refractivity contribution in [1.29, 1.82) is 0 Å². The number of nitrogens with two attached hydrogens (primary N) is 1. The number of alkyl halides is 3. The molecule has 1 aliphatic rings. The molecule has 0 radical (unpaired) electrons. The van der Waals surface area contributed by atoms with Crippen molar-refractivity contribution in [1.82, 2.24) is 9.88 Å². The molecule has 2 heterocycles. The highest BCUT2D eigenvalue weighted by molar-refractivity contribution is 5.88. The van der Waals surface area contributed by atoms with Crippen molar-refractivity contribution >= 4 is 11.8 Å². The molecule has 20 heavy (non-hydrogen) atoms. The summed E-state index contributed by atoms with van der Waals surface area (Å²) in [5, 5.41) is 0. The van der Waals surface area contributed by atoms with Gasteiger partial charge in [-0.1, -0.05) is 6.07 Å². The lowest BCUT2D eigenvalue weighted by Crippen LogP contribution is -2.28. The van der Waals surface area contributed by atoms with Gasteiger partial charge in [0.25, 0.3) is 0 Å². The summed E-state index contributed by atoms with van der Waals surface area (Å²) in [7, 11) is 0. The largest absolute Gasteiger partial charge is 0.433 e. The molecule has 1 unspecified atom stereocenters. The first-order valence-corrected chi connectivity index (χ1v) is 5.86. The van der Waals surface area contributed by atoms with Crippen LogP contribution in [-0.4, -0.2) is 28.2 Å². The number of likely N-dealkylation sites (tertiary alicyclic amines) is 1. The topological polar surface area (TPSA) is 76.3 Å². The molecule has 2 amide bonds. The fourth-order valence-corrected chi connectivity index (χ4v) is 2.02. The Kier molecular flexibility index (Phi) is 3.65. The number of primary amides is 1. The van der Waals surface area contributed by atoms with E-state index in [2.05, 4.69) is 4.98 Å². The average Bonchev–Trinajstić information content (AvgIpc) is 2.71. The lowest BCUT2D eigenvalue weighted by atomic mass is 10.1. The van der Waals surface area contributed by atoms with Gasteiger partial charge in [0.15, 0.2) is 0 Å². The lowest BCUT2D eigenvalue weighted by Gasteiger charge is -2.16. The molecule has 8 heteroatoms. The van der Waals surface area contributed by atoms with Crippen molar-refractivity contribution in [2.24, 2.45) is 11.7 Å². The molecule has 1 aliphatic heterocycles. The van der Waals surface area contributed by atoms with Gasteiger partial charge in [0.1, 0.15) is 5.69 Å². The summed E-state index contributed by atoms with van der Waals surface area (Å²) >= 11 is 0. The number of hydrogen-bond acceptors (Lipinski definition) is 3. The third kappa shape index (κ3) is 3.06. The third-order valence-corrected chi connectivity index (χ3v) is 3.11. The van der Waals surface area contributed by atoms with Gasteiger partial charge < -0.3 is 10.6 Å². The van der Waals surface area contributed by atoms with Crippen LogP contribution in [0.15, 0.2) is 18.3 Å². The van der Waals surface area contributed by atoms with Crippen molar-refractivity contribution in [3.8, 4) is 0 Å². The minimum Gasteiger partial charge on any atom is -0.369 e. The molecule has 1 saturated heterocycles. The summed E-state index contributed by atoms with van der Waals surface area (Å²) in [4.78, 5) is 27.3. The Morgan fingerprint density at radius 1 is 1.45 bits per heavy atom. The number of aromatic nitrogens is 1. The predicted octanol–water partition coefficient (Wildman–Crippen LogP) is 0.934. The van der Waals surface area contributed by atoms with Gasteiger partial charge in [0.05, 0.1) is 5.92 Å². The van der Waals surface area contributed by atoms with Crippen LogP contribution in [0.1, 0.15) is 17.7 Å². The third-order valence-electron chi connectivity index (χ3n) is 3.11. The quantitative estimate of drug-likeness (QED) is 0.898. The molecule has 108 valence electrons. The Morgan fingerprint density at radius 3 is 2.60 bits per heavy atom. The molecular weight excluding hydrogens is 275 g/mol. The molecule has 1 aromatic heterocycles. The van der Waals surface area contributed by atoms with E-state index in [1.54, 1.807) is 0 Å². The molecule has 0 aromatic carbocycles. The van der Waals surface area contributed by atoms with E-state index in [0.29, 0.717) is 5.56 Å². The molecule has 1 fully saturated rings. The number of hydrogen-bond donors (Lipinski definition) is 1. The van der Waals surface area contributed by atoms with Gasteiger partial charge in [0, 0.05) is 25.7 Å². The highest BCUT2D eigenvalue weighted by atomic mass is 19.4. The van der Waals surface area contributed by atoms with E-state index in [1.165, 1.54) is 11.0 Å². The number of amides is 2. The van der Waals surface area contributed by atoms with E-state index in [4.69, 9.17) is 5.73 Å². The summed E-state index contributed by atoms with van der Waals surface area (Å²) in [5.74, 6) is -1.33.